The molecule has 3 atom stereocenters. The van der Waals surface area contributed by atoms with Gasteiger partial charge in [-0.05, 0) is 56.2 Å². The summed E-state index contributed by atoms with van der Waals surface area (Å²) in [7, 11) is 0. The molecule has 2 amide bonds. The quantitative estimate of drug-likeness (QED) is 0.805. The molecule has 6 heteroatoms. The predicted molar refractivity (Wildman–Crippen MR) is 122 cm³/mol. The van der Waals surface area contributed by atoms with Crippen molar-refractivity contribution in [3.8, 4) is 0 Å². The summed E-state index contributed by atoms with van der Waals surface area (Å²) < 4.78 is 0. The first-order chi connectivity index (χ1) is 14.2. The number of anilines is 1. The van der Waals surface area contributed by atoms with Crippen molar-refractivity contribution in [1.82, 2.24) is 14.7 Å². The van der Waals surface area contributed by atoms with E-state index in [1.54, 1.807) is 0 Å². The summed E-state index contributed by atoms with van der Waals surface area (Å²) in [5.41, 5.74) is 3.18. The first kappa shape index (κ1) is 22.8. The topological polar surface area (TPSA) is 55.9 Å². The molecular weight excluding hydrogens is 376 g/mol. The average Bonchev–Trinajstić information content (AvgIpc) is 2.70. The van der Waals surface area contributed by atoms with E-state index in [0.29, 0.717) is 18.4 Å². The van der Waals surface area contributed by atoms with E-state index < -0.39 is 0 Å². The van der Waals surface area contributed by atoms with E-state index in [4.69, 9.17) is 0 Å². The highest BCUT2D eigenvalue weighted by Gasteiger charge is 2.32. The van der Waals surface area contributed by atoms with Gasteiger partial charge < -0.3 is 10.2 Å². The lowest BCUT2D eigenvalue weighted by Crippen LogP contribution is -2.56. The summed E-state index contributed by atoms with van der Waals surface area (Å²) >= 11 is 0. The molecule has 1 aromatic rings. The number of nitrogens with one attached hydrogen (secondary N) is 1. The molecule has 2 heterocycles. The van der Waals surface area contributed by atoms with Crippen LogP contribution in [0.1, 0.15) is 38.3 Å². The Hall–Kier alpha value is -1.92. The molecule has 166 valence electrons. The fraction of sp³-hybridized carbons (Fsp3) is 0.667. The highest BCUT2D eigenvalue weighted by atomic mass is 16.2. The van der Waals surface area contributed by atoms with Gasteiger partial charge in [0.05, 0.1) is 12.6 Å². The molecule has 0 aromatic heterocycles. The van der Waals surface area contributed by atoms with Gasteiger partial charge in [-0.25, -0.2) is 0 Å². The van der Waals surface area contributed by atoms with Gasteiger partial charge in [-0.1, -0.05) is 26.0 Å². The number of carbonyl (C=O) groups excluding carboxylic acids is 2. The molecule has 0 bridgehead atoms. The van der Waals surface area contributed by atoms with Gasteiger partial charge in [0, 0.05) is 45.0 Å². The molecule has 0 radical (unpaired) electrons. The Morgan fingerprint density at radius 3 is 2.33 bits per heavy atom. The zero-order chi connectivity index (χ0) is 21.8. The third-order valence-electron chi connectivity index (χ3n) is 6.74. The van der Waals surface area contributed by atoms with Gasteiger partial charge in [0.15, 0.2) is 0 Å². The van der Waals surface area contributed by atoms with Crippen molar-refractivity contribution in [1.29, 1.82) is 0 Å². The average molecular weight is 415 g/mol. The minimum Gasteiger partial charge on any atom is -0.341 e. The van der Waals surface area contributed by atoms with Crippen LogP contribution in [0.5, 0.6) is 0 Å². The Kier molecular flexibility index (Phi) is 7.53. The molecule has 0 unspecified atom stereocenters. The maximum Gasteiger partial charge on any atom is 0.239 e. The minimum atomic E-state index is -0.0894. The van der Waals surface area contributed by atoms with Crippen LogP contribution in [0.4, 0.5) is 5.69 Å². The van der Waals surface area contributed by atoms with Crippen molar-refractivity contribution in [2.75, 3.05) is 51.1 Å². The van der Waals surface area contributed by atoms with Crippen molar-refractivity contribution in [2.24, 2.45) is 11.8 Å². The molecule has 2 saturated heterocycles. The fourth-order valence-corrected chi connectivity index (χ4v) is 4.85. The fourth-order valence-electron chi connectivity index (χ4n) is 4.85. The molecule has 2 aliphatic rings. The van der Waals surface area contributed by atoms with Gasteiger partial charge in [0.25, 0.3) is 0 Å². The Bertz CT molecular complexity index is 748. The number of aryl methyl sites for hydroxylation is 1. The third-order valence-corrected chi connectivity index (χ3v) is 6.74. The van der Waals surface area contributed by atoms with Crippen LogP contribution >= 0.6 is 0 Å². The molecular formula is C24H38N4O2. The first-order valence-corrected chi connectivity index (χ1v) is 11.4. The van der Waals surface area contributed by atoms with Gasteiger partial charge in [0.2, 0.25) is 11.8 Å². The van der Waals surface area contributed by atoms with Crippen molar-refractivity contribution < 1.29 is 9.59 Å². The van der Waals surface area contributed by atoms with Crippen LogP contribution in [0, 0.1) is 25.7 Å². The summed E-state index contributed by atoms with van der Waals surface area (Å²) in [6, 6.07) is 5.89. The number of amides is 2. The van der Waals surface area contributed by atoms with Gasteiger partial charge in [-0.3, -0.25) is 19.4 Å². The summed E-state index contributed by atoms with van der Waals surface area (Å²) in [6.07, 6.45) is 1.21. The van der Waals surface area contributed by atoms with Crippen molar-refractivity contribution in [3.05, 3.63) is 29.3 Å². The zero-order valence-electron chi connectivity index (χ0n) is 19.3. The lowest BCUT2D eigenvalue weighted by molar-refractivity contribution is -0.140. The molecule has 2 fully saturated rings. The van der Waals surface area contributed by atoms with Gasteiger partial charge >= 0.3 is 0 Å². The van der Waals surface area contributed by atoms with Crippen LogP contribution in [0.15, 0.2) is 18.2 Å². The smallest absolute Gasteiger partial charge is 0.239 e. The first-order valence-electron chi connectivity index (χ1n) is 11.4. The van der Waals surface area contributed by atoms with Gasteiger partial charge in [0.1, 0.15) is 0 Å². The number of rotatable bonds is 5. The number of hydrogen-bond acceptors (Lipinski definition) is 4. The number of piperidine rings is 1. The largest absolute Gasteiger partial charge is 0.341 e. The van der Waals surface area contributed by atoms with Crippen molar-refractivity contribution >= 4 is 17.5 Å². The number of piperazine rings is 1. The van der Waals surface area contributed by atoms with Gasteiger partial charge in [-0.15, -0.1) is 0 Å². The maximum absolute atomic E-state index is 13.0. The van der Waals surface area contributed by atoms with Crippen LogP contribution in [0.2, 0.25) is 0 Å². The van der Waals surface area contributed by atoms with Crippen molar-refractivity contribution in [2.45, 2.75) is 47.1 Å². The molecule has 30 heavy (non-hydrogen) atoms. The summed E-state index contributed by atoms with van der Waals surface area (Å²) in [4.78, 5) is 32.0. The van der Waals surface area contributed by atoms with E-state index in [9.17, 15) is 9.59 Å². The molecule has 1 N–H and O–H groups in total. The van der Waals surface area contributed by atoms with E-state index in [2.05, 4.69) is 46.9 Å². The standard InChI is InChI=1S/C24H38N4O2/c1-17-13-18(2)15-28(14-17)24(30)21(5)27-11-9-26(10-12-27)16-23(29)25-22-8-6-7-19(3)20(22)4/h6-8,17-18,21H,9-16H2,1-5H3,(H,25,29)/t17-,18-,21+/m0/s1. The van der Waals surface area contributed by atoms with Crippen LogP contribution in [0.3, 0.4) is 0 Å². The number of hydrogen-bond donors (Lipinski definition) is 1. The number of nitrogens with zero attached hydrogens (tertiary/aromatic N) is 3. The lowest BCUT2D eigenvalue weighted by Gasteiger charge is -2.41. The molecule has 6 nitrogen and oxygen atoms in total. The van der Waals surface area contributed by atoms with Crippen molar-refractivity contribution in [3.63, 3.8) is 0 Å². The SMILES string of the molecule is Cc1cccc(NC(=O)CN2CCN([C@H](C)C(=O)N3C[C@@H](C)C[C@H](C)C3)CC2)c1C. The summed E-state index contributed by atoms with van der Waals surface area (Å²) in [6.45, 7) is 16.0. The molecule has 0 saturated carbocycles. The monoisotopic (exact) mass is 414 g/mol. The highest BCUT2D eigenvalue weighted by molar-refractivity contribution is 5.93. The normalized spacial score (nSPS) is 24.5. The number of carbonyl (C=O) groups is 2. The molecule has 3 rings (SSSR count). The van der Waals surface area contributed by atoms with E-state index in [-0.39, 0.29) is 17.9 Å². The molecule has 0 spiro atoms. The highest BCUT2D eigenvalue weighted by Crippen LogP contribution is 2.22. The van der Waals surface area contributed by atoms with E-state index >= 15 is 0 Å². The second-order valence-electron chi connectivity index (χ2n) is 9.47. The summed E-state index contributed by atoms with van der Waals surface area (Å²) in [5.74, 6) is 1.45. The molecule has 1 aromatic carbocycles. The maximum atomic E-state index is 13.0. The Labute approximate surface area is 181 Å². The molecule has 2 aliphatic heterocycles. The second-order valence-corrected chi connectivity index (χ2v) is 9.47. The third kappa shape index (κ3) is 5.61. The zero-order valence-corrected chi connectivity index (χ0v) is 19.3. The van der Waals surface area contributed by atoms with Crippen LogP contribution < -0.4 is 5.32 Å². The number of benzene rings is 1. The molecule has 0 aliphatic carbocycles. The number of likely N-dealkylation sites (tertiary alicyclic amines) is 1. The summed E-state index contributed by atoms with van der Waals surface area (Å²) in [5, 5.41) is 3.05. The second kappa shape index (κ2) is 9.92. The Balaban J connectivity index is 1.46. The van der Waals surface area contributed by atoms with Gasteiger partial charge in [-0.2, -0.15) is 0 Å². The van der Waals surface area contributed by atoms with E-state index in [1.807, 2.05) is 26.0 Å². The van der Waals surface area contributed by atoms with Crippen LogP contribution in [-0.4, -0.2) is 78.4 Å². The predicted octanol–water partition coefficient (Wildman–Crippen LogP) is 2.75. The van der Waals surface area contributed by atoms with E-state index in [1.165, 1.54) is 12.0 Å². The Morgan fingerprint density at radius 2 is 1.70 bits per heavy atom. The van der Waals surface area contributed by atoms with E-state index in [0.717, 1.165) is 50.5 Å². The van der Waals surface area contributed by atoms with Crippen LogP contribution in [0.25, 0.3) is 0 Å². The lowest BCUT2D eigenvalue weighted by atomic mass is 9.91. The Morgan fingerprint density at radius 1 is 1.07 bits per heavy atom. The van der Waals surface area contributed by atoms with Crippen LogP contribution in [-0.2, 0) is 9.59 Å². The minimum absolute atomic E-state index is 0.0255.